The van der Waals surface area contributed by atoms with Gasteiger partial charge < -0.3 is 0 Å². The van der Waals surface area contributed by atoms with Gasteiger partial charge >= 0.3 is 0 Å². The number of para-hydroxylation sites is 2. The normalized spacial score (nSPS) is 11.6. The van der Waals surface area contributed by atoms with E-state index in [4.69, 9.17) is 0 Å². The molecule has 4 aromatic rings. The maximum Gasteiger partial charge on any atom is 0.270 e. The van der Waals surface area contributed by atoms with E-state index < -0.39 is 14.9 Å². The standard InChI is InChI=1S/C20H16N4O4S/c25-24(26)16-4-3-5-17(14-16)29(27,28)23-19-7-2-1-6-18(19)22-20(23)9-8-15-10-12-21-13-11-15/h1-7,10-14H,8-9H2. The van der Waals surface area contributed by atoms with Crippen molar-refractivity contribution in [2.24, 2.45) is 0 Å². The van der Waals surface area contributed by atoms with Crippen LogP contribution in [0.25, 0.3) is 11.0 Å². The smallest absolute Gasteiger partial charge is 0.265 e. The lowest BCUT2D eigenvalue weighted by Crippen LogP contribution is -2.17. The van der Waals surface area contributed by atoms with Crippen LogP contribution in [0.15, 0.2) is 78.0 Å². The molecular weight excluding hydrogens is 392 g/mol. The van der Waals surface area contributed by atoms with Gasteiger partial charge in [-0.15, -0.1) is 0 Å². The number of nitrogens with zero attached hydrogens (tertiary/aromatic N) is 4. The van der Waals surface area contributed by atoms with Gasteiger partial charge in [0, 0.05) is 30.9 Å². The van der Waals surface area contributed by atoms with Gasteiger partial charge in [-0.3, -0.25) is 15.1 Å². The van der Waals surface area contributed by atoms with Crippen LogP contribution in [0.2, 0.25) is 0 Å². The molecule has 9 heteroatoms. The number of nitro groups is 1. The summed E-state index contributed by atoms with van der Waals surface area (Å²) in [5.74, 6) is 0.370. The van der Waals surface area contributed by atoms with Crippen LogP contribution in [0, 0.1) is 10.1 Å². The maximum absolute atomic E-state index is 13.4. The number of fused-ring (bicyclic) bond motifs is 1. The number of pyridine rings is 1. The first kappa shape index (κ1) is 18.8. The predicted molar refractivity (Wildman–Crippen MR) is 107 cm³/mol. The highest BCUT2D eigenvalue weighted by atomic mass is 32.2. The van der Waals surface area contributed by atoms with Crippen molar-refractivity contribution in [1.29, 1.82) is 0 Å². The van der Waals surface area contributed by atoms with E-state index in [9.17, 15) is 18.5 Å². The molecule has 2 aromatic carbocycles. The minimum absolute atomic E-state index is 0.153. The predicted octanol–water partition coefficient (Wildman–Crippen LogP) is 3.36. The fourth-order valence-electron chi connectivity index (χ4n) is 3.15. The lowest BCUT2D eigenvalue weighted by molar-refractivity contribution is -0.385. The van der Waals surface area contributed by atoms with E-state index in [0.29, 0.717) is 29.7 Å². The molecule has 8 nitrogen and oxygen atoms in total. The largest absolute Gasteiger partial charge is 0.270 e. The zero-order valence-corrected chi connectivity index (χ0v) is 16.0. The van der Waals surface area contributed by atoms with E-state index in [2.05, 4.69) is 9.97 Å². The van der Waals surface area contributed by atoms with Crippen molar-refractivity contribution < 1.29 is 13.3 Å². The van der Waals surface area contributed by atoms with Crippen molar-refractivity contribution >= 4 is 26.7 Å². The third-order valence-corrected chi connectivity index (χ3v) is 6.28. The summed E-state index contributed by atoms with van der Waals surface area (Å²) in [7, 11) is -4.08. The van der Waals surface area contributed by atoms with E-state index in [0.717, 1.165) is 11.6 Å². The second-order valence-corrected chi connectivity index (χ2v) is 8.18. The fraction of sp³-hybridized carbons (Fsp3) is 0.100. The van der Waals surface area contributed by atoms with Crippen molar-refractivity contribution in [2.75, 3.05) is 0 Å². The van der Waals surface area contributed by atoms with Crippen LogP contribution in [0.3, 0.4) is 0 Å². The average molecular weight is 408 g/mol. The zero-order valence-electron chi connectivity index (χ0n) is 15.2. The van der Waals surface area contributed by atoms with Crippen LogP contribution in [0.4, 0.5) is 5.69 Å². The number of non-ortho nitro benzene ring substituents is 1. The van der Waals surface area contributed by atoms with E-state index in [1.807, 2.05) is 12.1 Å². The highest BCUT2D eigenvalue weighted by molar-refractivity contribution is 7.90. The molecule has 0 fully saturated rings. The van der Waals surface area contributed by atoms with E-state index in [1.165, 1.54) is 22.2 Å². The number of aryl methyl sites for hydroxylation is 2. The Morgan fingerprint density at radius 1 is 0.966 bits per heavy atom. The summed E-state index contributed by atoms with van der Waals surface area (Å²) in [6.07, 6.45) is 4.32. The Balaban J connectivity index is 1.83. The fourth-order valence-corrected chi connectivity index (χ4v) is 4.70. The van der Waals surface area contributed by atoms with Crippen molar-refractivity contribution in [3.8, 4) is 0 Å². The molecule has 0 N–H and O–H groups in total. The number of hydrogen-bond donors (Lipinski definition) is 0. The van der Waals surface area contributed by atoms with Gasteiger partial charge in [0.15, 0.2) is 0 Å². The highest BCUT2D eigenvalue weighted by Gasteiger charge is 2.25. The van der Waals surface area contributed by atoms with Crippen molar-refractivity contribution in [2.45, 2.75) is 17.7 Å². The number of hydrogen-bond acceptors (Lipinski definition) is 6. The number of rotatable bonds is 6. The number of nitro benzene ring substituents is 1. The Morgan fingerprint density at radius 3 is 2.48 bits per heavy atom. The Morgan fingerprint density at radius 2 is 1.72 bits per heavy atom. The SMILES string of the molecule is O=[N+]([O-])c1cccc(S(=O)(=O)n2c(CCc3ccncc3)nc3ccccc32)c1. The molecule has 0 saturated carbocycles. The molecule has 146 valence electrons. The monoisotopic (exact) mass is 408 g/mol. The van der Waals surface area contributed by atoms with Gasteiger partial charge in [0.2, 0.25) is 0 Å². The number of benzene rings is 2. The number of imidazole rings is 1. The molecule has 0 saturated heterocycles. The van der Waals surface area contributed by atoms with Gasteiger partial charge in [0.25, 0.3) is 15.7 Å². The zero-order chi connectivity index (χ0) is 20.4. The molecule has 0 unspecified atom stereocenters. The van der Waals surface area contributed by atoms with Crippen LogP contribution in [0.5, 0.6) is 0 Å². The van der Waals surface area contributed by atoms with Crippen LogP contribution in [0.1, 0.15) is 11.4 Å². The van der Waals surface area contributed by atoms with Crippen molar-refractivity contribution in [3.63, 3.8) is 0 Å². The molecule has 0 bridgehead atoms. The number of aromatic nitrogens is 3. The lowest BCUT2D eigenvalue weighted by atomic mass is 10.1. The first-order valence-electron chi connectivity index (χ1n) is 8.82. The quantitative estimate of drug-likeness (QED) is 0.358. The summed E-state index contributed by atoms with van der Waals surface area (Å²) in [5.41, 5.74) is 1.70. The van der Waals surface area contributed by atoms with Gasteiger partial charge in [-0.05, 0) is 42.3 Å². The first-order valence-corrected chi connectivity index (χ1v) is 10.3. The van der Waals surface area contributed by atoms with E-state index in [1.54, 1.807) is 36.7 Å². The molecule has 0 aliphatic carbocycles. The molecule has 2 aromatic heterocycles. The molecule has 0 radical (unpaired) electrons. The molecular formula is C20H16N4O4S. The van der Waals surface area contributed by atoms with E-state index >= 15 is 0 Å². The van der Waals surface area contributed by atoms with Gasteiger partial charge in [-0.25, -0.2) is 17.4 Å². The highest BCUT2D eigenvalue weighted by Crippen LogP contribution is 2.26. The summed E-state index contributed by atoms with van der Waals surface area (Å²) in [6.45, 7) is 0. The molecule has 2 heterocycles. The van der Waals surface area contributed by atoms with Gasteiger partial charge in [0.05, 0.1) is 20.9 Å². The van der Waals surface area contributed by atoms with E-state index in [-0.39, 0.29) is 10.6 Å². The maximum atomic E-state index is 13.4. The summed E-state index contributed by atoms with van der Waals surface area (Å²) < 4.78 is 28.0. The average Bonchev–Trinajstić information content (AvgIpc) is 3.12. The topological polar surface area (TPSA) is 108 Å². The Hall–Kier alpha value is -3.59. The summed E-state index contributed by atoms with van der Waals surface area (Å²) in [5, 5.41) is 11.1. The summed E-state index contributed by atoms with van der Waals surface area (Å²) in [6, 6.07) is 15.7. The van der Waals surface area contributed by atoms with Crippen molar-refractivity contribution in [1.82, 2.24) is 13.9 Å². The summed E-state index contributed by atoms with van der Waals surface area (Å²) >= 11 is 0. The van der Waals surface area contributed by atoms with Gasteiger partial charge in [-0.2, -0.15) is 0 Å². The first-order chi connectivity index (χ1) is 14.0. The van der Waals surface area contributed by atoms with Crippen LogP contribution >= 0.6 is 0 Å². The lowest BCUT2D eigenvalue weighted by Gasteiger charge is -2.11. The summed E-state index contributed by atoms with van der Waals surface area (Å²) in [4.78, 5) is 18.8. The minimum Gasteiger partial charge on any atom is -0.265 e. The molecule has 29 heavy (non-hydrogen) atoms. The Kier molecular flexibility index (Phi) is 4.81. The van der Waals surface area contributed by atoms with Crippen LogP contribution in [-0.4, -0.2) is 27.3 Å². The minimum atomic E-state index is -4.08. The molecule has 0 atom stereocenters. The Labute approximate surface area is 166 Å². The Bertz CT molecular complexity index is 1300. The van der Waals surface area contributed by atoms with Gasteiger partial charge in [0.1, 0.15) is 5.82 Å². The molecule has 0 aliphatic rings. The molecule has 4 rings (SSSR count). The molecule has 0 aliphatic heterocycles. The third-order valence-electron chi connectivity index (χ3n) is 4.54. The third kappa shape index (κ3) is 3.59. The van der Waals surface area contributed by atoms with Crippen LogP contribution < -0.4 is 0 Å². The van der Waals surface area contributed by atoms with Gasteiger partial charge in [-0.1, -0.05) is 18.2 Å². The molecule has 0 amide bonds. The second-order valence-electron chi connectivity index (χ2n) is 6.40. The van der Waals surface area contributed by atoms with Crippen LogP contribution in [-0.2, 0) is 22.9 Å². The van der Waals surface area contributed by atoms with Crippen molar-refractivity contribution in [3.05, 3.63) is 94.6 Å². The molecule has 0 spiro atoms. The second kappa shape index (κ2) is 7.44.